The summed E-state index contributed by atoms with van der Waals surface area (Å²) in [5, 5.41) is 0. The smallest absolute Gasteiger partial charge is 0.306 e. The fourth-order valence-corrected chi connectivity index (χ4v) is 7.69. The molecule has 1 unspecified atom stereocenters. The number of hydrogen-bond donors (Lipinski definition) is 0. The van der Waals surface area contributed by atoms with Gasteiger partial charge in [0.15, 0.2) is 6.10 Å². The quantitative estimate of drug-likeness (QED) is 0.0261. The van der Waals surface area contributed by atoms with E-state index < -0.39 is 6.10 Å². The molecule has 0 N–H and O–H groups in total. The van der Waals surface area contributed by atoms with Crippen molar-refractivity contribution in [2.24, 2.45) is 0 Å². The van der Waals surface area contributed by atoms with Crippen LogP contribution in [0.5, 0.6) is 0 Å². The molecule has 1 atom stereocenters. The molecule has 0 aromatic heterocycles. The van der Waals surface area contributed by atoms with E-state index in [1.54, 1.807) is 0 Å². The van der Waals surface area contributed by atoms with E-state index >= 15 is 0 Å². The Labute approximate surface area is 472 Å². The van der Waals surface area contributed by atoms with Crippen molar-refractivity contribution in [3.63, 3.8) is 0 Å². The summed E-state index contributed by atoms with van der Waals surface area (Å²) < 4.78 is 16.7. The van der Waals surface area contributed by atoms with Gasteiger partial charge in [0.25, 0.3) is 0 Å². The normalized spacial score (nSPS) is 13.3. The van der Waals surface area contributed by atoms with Crippen LogP contribution in [0.1, 0.15) is 239 Å². The monoisotopic (exact) mass is 1060 g/mol. The maximum Gasteiger partial charge on any atom is 0.306 e. The van der Waals surface area contributed by atoms with Gasteiger partial charge in [-0.2, -0.15) is 0 Å². The van der Waals surface area contributed by atoms with Crippen LogP contribution in [0.4, 0.5) is 0 Å². The van der Waals surface area contributed by atoms with Crippen LogP contribution in [0.3, 0.4) is 0 Å². The Kier molecular flexibility index (Phi) is 59.0. The SMILES string of the molecule is CC/C=C\C/C=C\C/C=C\C/C=C\C/C=C\C/C=C\C/C=C\C/C=C\C/C=C\CCCCCCCC(=O)OCC(COC(=O)CCCCCCCCC)OC(=O)CCCCC/C=C\C/C=C\C/C=C\C/C=C\C/C=C\CC. The second-order valence-electron chi connectivity index (χ2n) is 19.5. The second kappa shape index (κ2) is 63.3. The van der Waals surface area contributed by atoms with Crippen LogP contribution in [0.25, 0.3) is 0 Å². The number of carbonyl (C=O) groups is 3. The fourth-order valence-electron chi connectivity index (χ4n) is 7.69. The molecule has 77 heavy (non-hydrogen) atoms. The summed E-state index contributed by atoms with van der Waals surface area (Å²) in [6, 6.07) is 0. The predicted octanol–water partition coefficient (Wildman–Crippen LogP) is 21.1. The third kappa shape index (κ3) is 61.5. The van der Waals surface area contributed by atoms with E-state index in [-0.39, 0.29) is 37.5 Å². The van der Waals surface area contributed by atoms with Crippen LogP contribution in [0.15, 0.2) is 170 Å². The number of esters is 3. The zero-order valence-electron chi connectivity index (χ0n) is 49.1. The molecule has 0 fully saturated rings. The highest BCUT2D eigenvalue weighted by molar-refractivity contribution is 5.71. The van der Waals surface area contributed by atoms with E-state index in [0.717, 1.165) is 167 Å². The van der Waals surface area contributed by atoms with Gasteiger partial charge in [0.2, 0.25) is 0 Å². The zero-order chi connectivity index (χ0) is 55.7. The van der Waals surface area contributed by atoms with E-state index in [1.165, 1.54) is 25.7 Å². The summed E-state index contributed by atoms with van der Waals surface area (Å²) >= 11 is 0. The molecule has 0 rings (SSSR count). The zero-order valence-corrected chi connectivity index (χ0v) is 49.1. The van der Waals surface area contributed by atoms with Crippen LogP contribution < -0.4 is 0 Å². The Morgan fingerprint density at radius 1 is 0.273 bits per heavy atom. The van der Waals surface area contributed by atoms with Crippen LogP contribution in [0, 0.1) is 0 Å². The molecule has 0 bridgehead atoms. The molecule has 6 nitrogen and oxygen atoms in total. The summed E-state index contributed by atoms with van der Waals surface area (Å²) in [6.45, 7) is 6.30. The molecule has 430 valence electrons. The Morgan fingerprint density at radius 2 is 0.506 bits per heavy atom. The van der Waals surface area contributed by atoms with Crippen LogP contribution in [0.2, 0.25) is 0 Å². The molecule has 0 aromatic rings. The molecular formula is C71H110O6. The average Bonchev–Trinajstić information content (AvgIpc) is 3.43. The Balaban J connectivity index is 4.27. The van der Waals surface area contributed by atoms with Gasteiger partial charge in [0.05, 0.1) is 0 Å². The van der Waals surface area contributed by atoms with Crippen molar-refractivity contribution in [2.45, 2.75) is 245 Å². The lowest BCUT2D eigenvalue weighted by atomic mass is 10.1. The number of unbranched alkanes of at least 4 members (excludes halogenated alkanes) is 14. The number of hydrogen-bond acceptors (Lipinski definition) is 6. The third-order valence-corrected chi connectivity index (χ3v) is 12.2. The van der Waals surface area contributed by atoms with Crippen molar-refractivity contribution in [1.29, 1.82) is 0 Å². The van der Waals surface area contributed by atoms with Gasteiger partial charge in [-0.15, -0.1) is 0 Å². The maximum atomic E-state index is 12.8. The lowest BCUT2D eigenvalue weighted by molar-refractivity contribution is -0.167. The first kappa shape index (κ1) is 71.8. The molecule has 0 radical (unpaired) electrons. The first-order valence-corrected chi connectivity index (χ1v) is 30.6. The van der Waals surface area contributed by atoms with Gasteiger partial charge in [-0.3, -0.25) is 14.4 Å². The first-order valence-electron chi connectivity index (χ1n) is 30.6. The van der Waals surface area contributed by atoms with Crippen molar-refractivity contribution in [3.05, 3.63) is 170 Å². The summed E-state index contributed by atoms with van der Waals surface area (Å²) in [4.78, 5) is 38.0. The summed E-state index contributed by atoms with van der Waals surface area (Å²) in [7, 11) is 0. The number of carbonyl (C=O) groups excluding carboxylic acids is 3. The van der Waals surface area contributed by atoms with E-state index in [1.807, 2.05) is 0 Å². The van der Waals surface area contributed by atoms with Crippen LogP contribution in [-0.2, 0) is 28.6 Å². The lowest BCUT2D eigenvalue weighted by Gasteiger charge is -2.18. The molecular weight excluding hydrogens is 949 g/mol. The molecule has 0 aliphatic rings. The molecule has 0 saturated carbocycles. The van der Waals surface area contributed by atoms with Gasteiger partial charge in [-0.25, -0.2) is 0 Å². The van der Waals surface area contributed by atoms with E-state index in [0.29, 0.717) is 19.3 Å². The highest BCUT2D eigenvalue weighted by Crippen LogP contribution is 2.13. The van der Waals surface area contributed by atoms with Gasteiger partial charge in [-0.05, 0) is 135 Å². The minimum absolute atomic E-state index is 0.104. The van der Waals surface area contributed by atoms with Gasteiger partial charge in [0.1, 0.15) is 13.2 Å². The molecule has 0 amide bonds. The molecule has 0 aliphatic heterocycles. The summed E-state index contributed by atoms with van der Waals surface area (Å²) in [6.07, 6.45) is 93.8. The largest absolute Gasteiger partial charge is 0.462 e. The van der Waals surface area contributed by atoms with Gasteiger partial charge in [0, 0.05) is 19.3 Å². The molecule has 0 spiro atoms. The fraction of sp³-hybridized carbons (Fsp3) is 0.563. The van der Waals surface area contributed by atoms with Crippen molar-refractivity contribution < 1.29 is 28.6 Å². The summed E-state index contributed by atoms with van der Waals surface area (Å²) in [5.74, 6) is -0.973. The third-order valence-electron chi connectivity index (χ3n) is 12.2. The van der Waals surface area contributed by atoms with Crippen LogP contribution >= 0.6 is 0 Å². The standard InChI is InChI=1S/C71H110O6/c1-4-7-10-13-16-18-20-22-24-26-28-29-30-31-32-33-34-35-36-37-38-39-40-41-43-44-46-48-50-52-55-58-61-64-70(73)76-67-68(66-75-69(72)63-60-57-54-15-12-9-6-3)77-71(74)65-62-59-56-53-51-49-47-45-42-27-25-23-21-19-17-14-11-8-5-2/h7-8,10-11,16-19,22-25,28-29,31-32,34-35,37-38,40-42,44-46,49,51,68H,4-6,9,12-15,20-21,26-27,30,33,36,39,43,47-48,50,52-67H2,1-3H3/b10-7-,11-8-,18-16-,19-17-,24-22-,25-23-,29-28-,32-31-,35-34-,38-37-,41-40-,45-42-,46-44-,51-49-. The van der Waals surface area contributed by atoms with Crippen molar-refractivity contribution >= 4 is 17.9 Å². The second-order valence-corrected chi connectivity index (χ2v) is 19.5. The average molecular weight is 1060 g/mol. The number of rotatable bonds is 53. The van der Waals surface area contributed by atoms with Crippen molar-refractivity contribution in [3.8, 4) is 0 Å². The minimum atomic E-state index is -0.810. The minimum Gasteiger partial charge on any atom is -0.462 e. The van der Waals surface area contributed by atoms with Gasteiger partial charge in [-0.1, -0.05) is 255 Å². The number of allylic oxidation sites excluding steroid dienone is 28. The maximum absolute atomic E-state index is 12.8. The Bertz CT molecular complexity index is 1790. The van der Waals surface area contributed by atoms with E-state index in [2.05, 4.69) is 191 Å². The molecule has 0 heterocycles. The Morgan fingerprint density at radius 3 is 0.805 bits per heavy atom. The molecule has 0 saturated heterocycles. The molecule has 0 aliphatic carbocycles. The molecule has 0 aromatic carbocycles. The van der Waals surface area contributed by atoms with Gasteiger partial charge >= 0.3 is 17.9 Å². The summed E-state index contributed by atoms with van der Waals surface area (Å²) in [5.41, 5.74) is 0. The predicted molar refractivity (Wildman–Crippen MR) is 334 cm³/mol. The van der Waals surface area contributed by atoms with Crippen molar-refractivity contribution in [2.75, 3.05) is 13.2 Å². The van der Waals surface area contributed by atoms with E-state index in [9.17, 15) is 14.4 Å². The highest BCUT2D eigenvalue weighted by Gasteiger charge is 2.19. The topological polar surface area (TPSA) is 78.9 Å². The highest BCUT2D eigenvalue weighted by atomic mass is 16.6. The van der Waals surface area contributed by atoms with Crippen molar-refractivity contribution in [1.82, 2.24) is 0 Å². The Hall–Kier alpha value is -5.23. The molecule has 6 heteroatoms. The van der Waals surface area contributed by atoms with Gasteiger partial charge < -0.3 is 14.2 Å². The van der Waals surface area contributed by atoms with Crippen LogP contribution in [-0.4, -0.2) is 37.2 Å². The lowest BCUT2D eigenvalue weighted by Crippen LogP contribution is -2.30. The van der Waals surface area contributed by atoms with E-state index in [4.69, 9.17) is 14.2 Å². The number of ether oxygens (including phenoxy) is 3. The first-order chi connectivity index (χ1) is 38.0.